The van der Waals surface area contributed by atoms with Crippen LogP contribution in [-0.2, 0) is 20.8 Å². The van der Waals surface area contributed by atoms with Gasteiger partial charge in [-0.3, -0.25) is 14.4 Å². The lowest BCUT2D eigenvalue weighted by Gasteiger charge is -2.36. The number of carbonyl (C=O) groups is 3. The molecule has 1 aliphatic rings. The molecule has 2 heterocycles. The maximum Gasteiger partial charge on any atom is 0.228 e. The van der Waals surface area contributed by atoms with E-state index in [-0.39, 0.29) is 35.7 Å². The van der Waals surface area contributed by atoms with E-state index in [4.69, 9.17) is 0 Å². The fourth-order valence-electron chi connectivity index (χ4n) is 4.05. The first-order valence-corrected chi connectivity index (χ1v) is 11.4. The Kier molecular flexibility index (Phi) is 6.50. The normalized spacial score (nSPS) is 15.0. The van der Waals surface area contributed by atoms with Gasteiger partial charge in [0.15, 0.2) is 5.13 Å². The number of amides is 3. The Labute approximate surface area is 194 Å². The molecular formula is C24H23FN4O3S. The highest BCUT2D eigenvalue weighted by atomic mass is 32.1. The minimum atomic E-state index is -0.527. The number of rotatable bonds is 5. The number of carbonyl (C=O) groups excluding carboxylic acids is 3. The van der Waals surface area contributed by atoms with Crippen LogP contribution < -0.4 is 10.6 Å². The standard InChI is InChI=1S/C24H23FN4O3S/c1-14(30)26-17-7-8-19(20(25)11-17)21-13-33-24(27-21)28-23(32)12-22-18-6-4-3-5-16(18)9-10-29(22)15(2)31/h3-8,11,13,22H,9-10,12H2,1-2H3,(H,26,30)(H,27,28,32). The maximum atomic E-state index is 14.5. The largest absolute Gasteiger partial charge is 0.335 e. The second-order valence-corrected chi connectivity index (χ2v) is 8.70. The van der Waals surface area contributed by atoms with E-state index in [1.165, 1.54) is 37.3 Å². The first-order valence-electron chi connectivity index (χ1n) is 10.5. The minimum absolute atomic E-state index is 0.0722. The van der Waals surface area contributed by atoms with Crippen molar-refractivity contribution in [3.8, 4) is 11.3 Å². The van der Waals surface area contributed by atoms with Crippen LogP contribution in [0.25, 0.3) is 11.3 Å². The maximum absolute atomic E-state index is 14.5. The van der Waals surface area contributed by atoms with E-state index in [0.717, 1.165) is 17.5 Å². The van der Waals surface area contributed by atoms with E-state index in [1.54, 1.807) is 16.3 Å². The molecule has 7 nitrogen and oxygen atoms in total. The number of halogens is 1. The number of hydrogen-bond donors (Lipinski definition) is 2. The lowest BCUT2D eigenvalue weighted by Crippen LogP contribution is -2.40. The molecule has 1 atom stereocenters. The fourth-order valence-corrected chi connectivity index (χ4v) is 4.78. The van der Waals surface area contributed by atoms with Crippen LogP contribution in [-0.4, -0.2) is 34.2 Å². The van der Waals surface area contributed by atoms with Crippen molar-refractivity contribution >= 4 is 39.9 Å². The van der Waals surface area contributed by atoms with Gasteiger partial charge < -0.3 is 15.5 Å². The minimum Gasteiger partial charge on any atom is -0.335 e. The Morgan fingerprint density at radius 3 is 2.67 bits per heavy atom. The van der Waals surface area contributed by atoms with Crippen molar-refractivity contribution in [1.29, 1.82) is 0 Å². The lowest BCUT2D eigenvalue weighted by atomic mass is 9.90. The van der Waals surface area contributed by atoms with Crippen molar-refractivity contribution in [3.63, 3.8) is 0 Å². The Balaban J connectivity index is 1.48. The van der Waals surface area contributed by atoms with Crippen LogP contribution in [0.5, 0.6) is 0 Å². The summed E-state index contributed by atoms with van der Waals surface area (Å²) in [7, 11) is 0. The van der Waals surface area contributed by atoms with Crippen LogP contribution in [0.1, 0.15) is 37.4 Å². The smallest absolute Gasteiger partial charge is 0.228 e. The molecule has 0 spiro atoms. The molecule has 0 bridgehead atoms. The van der Waals surface area contributed by atoms with Gasteiger partial charge in [0, 0.05) is 37.0 Å². The molecular weight excluding hydrogens is 443 g/mol. The lowest BCUT2D eigenvalue weighted by molar-refractivity contribution is -0.132. The summed E-state index contributed by atoms with van der Waals surface area (Å²) in [6.45, 7) is 3.43. The van der Waals surface area contributed by atoms with Crippen LogP contribution in [0.2, 0.25) is 0 Å². The first kappa shape index (κ1) is 22.6. The van der Waals surface area contributed by atoms with Gasteiger partial charge in [-0.15, -0.1) is 11.3 Å². The Bertz CT molecular complexity index is 1230. The van der Waals surface area contributed by atoms with Gasteiger partial charge in [0.2, 0.25) is 17.7 Å². The summed E-state index contributed by atoms with van der Waals surface area (Å²) in [5, 5.41) is 7.31. The highest BCUT2D eigenvalue weighted by Gasteiger charge is 2.30. The highest BCUT2D eigenvalue weighted by molar-refractivity contribution is 7.14. The second kappa shape index (κ2) is 9.50. The topological polar surface area (TPSA) is 91.4 Å². The van der Waals surface area contributed by atoms with Crippen LogP contribution >= 0.6 is 11.3 Å². The van der Waals surface area contributed by atoms with Crippen molar-refractivity contribution in [2.75, 3.05) is 17.2 Å². The summed E-state index contributed by atoms with van der Waals surface area (Å²) in [6, 6.07) is 11.9. The average Bonchev–Trinajstić information content (AvgIpc) is 3.21. The summed E-state index contributed by atoms with van der Waals surface area (Å²) < 4.78 is 14.5. The van der Waals surface area contributed by atoms with E-state index < -0.39 is 5.82 Å². The number of nitrogens with zero attached hydrogens (tertiary/aromatic N) is 2. The number of anilines is 2. The van der Waals surface area contributed by atoms with Crippen molar-refractivity contribution in [1.82, 2.24) is 9.88 Å². The molecule has 33 heavy (non-hydrogen) atoms. The average molecular weight is 467 g/mol. The van der Waals surface area contributed by atoms with Crippen LogP contribution in [0, 0.1) is 5.82 Å². The third kappa shape index (κ3) is 5.09. The molecule has 0 saturated heterocycles. The van der Waals surface area contributed by atoms with Gasteiger partial charge in [0.05, 0.1) is 18.2 Å². The molecule has 0 radical (unpaired) electrons. The number of hydrogen-bond acceptors (Lipinski definition) is 5. The summed E-state index contributed by atoms with van der Waals surface area (Å²) in [5.41, 5.74) is 3.13. The molecule has 9 heteroatoms. The monoisotopic (exact) mass is 466 g/mol. The van der Waals surface area contributed by atoms with Crippen molar-refractivity contribution in [2.24, 2.45) is 0 Å². The molecule has 1 aromatic heterocycles. The molecule has 3 aromatic rings. The van der Waals surface area contributed by atoms with Gasteiger partial charge in [-0.05, 0) is 35.7 Å². The number of fused-ring (bicyclic) bond motifs is 1. The van der Waals surface area contributed by atoms with Gasteiger partial charge in [0.1, 0.15) is 5.82 Å². The molecule has 1 aliphatic heterocycles. The van der Waals surface area contributed by atoms with Crippen LogP contribution in [0.3, 0.4) is 0 Å². The zero-order chi connectivity index (χ0) is 23.5. The highest BCUT2D eigenvalue weighted by Crippen LogP contribution is 2.33. The Morgan fingerprint density at radius 1 is 1.15 bits per heavy atom. The molecule has 0 saturated carbocycles. The quantitative estimate of drug-likeness (QED) is 0.584. The van der Waals surface area contributed by atoms with Crippen LogP contribution in [0.15, 0.2) is 47.8 Å². The molecule has 4 rings (SSSR count). The van der Waals surface area contributed by atoms with Gasteiger partial charge in [0.25, 0.3) is 0 Å². The molecule has 3 amide bonds. The number of nitrogens with one attached hydrogen (secondary N) is 2. The van der Waals surface area contributed by atoms with Gasteiger partial charge in [-0.2, -0.15) is 0 Å². The number of aromatic nitrogens is 1. The second-order valence-electron chi connectivity index (χ2n) is 7.84. The van der Waals surface area contributed by atoms with Gasteiger partial charge in [-0.1, -0.05) is 24.3 Å². The summed E-state index contributed by atoms with van der Waals surface area (Å²) in [6.07, 6.45) is 0.862. The third-order valence-electron chi connectivity index (χ3n) is 5.51. The Morgan fingerprint density at radius 2 is 1.94 bits per heavy atom. The summed E-state index contributed by atoms with van der Waals surface area (Å²) in [5.74, 6) is -1.16. The Hall–Kier alpha value is -3.59. The predicted molar refractivity (Wildman–Crippen MR) is 125 cm³/mol. The van der Waals surface area contributed by atoms with E-state index in [9.17, 15) is 18.8 Å². The number of benzene rings is 2. The summed E-state index contributed by atoms with van der Waals surface area (Å²) >= 11 is 1.19. The molecule has 1 unspecified atom stereocenters. The van der Waals surface area contributed by atoms with Crippen molar-refractivity contribution in [2.45, 2.75) is 32.7 Å². The molecule has 170 valence electrons. The van der Waals surface area contributed by atoms with Crippen molar-refractivity contribution < 1.29 is 18.8 Å². The fraction of sp³-hybridized carbons (Fsp3) is 0.250. The van der Waals surface area contributed by atoms with Gasteiger partial charge in [-0.25, -0.2) is 9.37 Å². The van der Waals surface area contributed by atoms with E-state index in [0.29, 0.717) is 23.1 Å². The van der Waals surface area contributed by atoms with Gasteiger partial charge >= 0.3 is 0 Å². The van der Waals surface area contributed by atoms with E-state index in [1.807, 2.05) is 24.3 Å². The molecule has 2 aromatic carbocycles. The SMILES string of the molecule is CC(=O)Nc1ccc(-c2csc(NC(=O)CC3c4ccccc4CCN3C(C)=O)n2)c(F)c1. The van der Waals surface area contributed by atoms with E-state index in [2.05, 4.69) is 15.6 Å². The molecule has 0 fully saturated rings. The molecule has 2 N–H and O–H groups in total. The van der Waals surface area contributed by atoms with Crippen LogP contribution in [0.4, 0.5) is 15.2 Å². The zero-order valence-corrected chi connectivity index (χ0v) is 19.0. The third-order valence-corrected chi connectivity index (χ3v) is 6.27. The van der Waals surface area contributed by atoms with Crippen molar-refractivity contribution in [3.05, 3.63) is 64.8 Å². The number of thiazole rings is 1. The summed E-state index contributed by atoms with van der Waals surface area (Å²) in [4.78, 5) is 42.2. The van der Waals surface area contributed by atoms with E-state index >= 15 is 0 Å². The molecule has 0 aliphatic carbocycles. The predicted octanol–water partition coefficient (Wildman–Crippen LogP) is 4.38. The first-order chi connectivity index (χ1) is 15.8. The zero-order valence-electron chi connectivity index (χ0n) is 18.2.